The highest BCUT2D eigenvalue weighted by atomic mass is 16.3. The van der Waals surface area contributed by atoms with E-state index in [-0.39, 0.29) is 35.8 Å². The molecule has 0 radical (unpaired) electrons. The first kappa shape index (κ1) is 40.1. The lowest BCUT2D eigenvalue weighted by molar-refractivity contribution is -0.126. The number of imide groups is 2. The van der Waals surface area contributed by atoms with E-state index in [2.05, 4.69) is 20.5 Å². The van der Waals surface area contributed by atoms with Gasteiger partial charge in [0.2, 0.25) is 23.6 Å². The number of allylic oxidation sites excluding steroid dienone is 2. The highest BCUT2D eigenvalue weighted by Gasteiger charge is 2.62. The number of anilines is 4. The van der Waals surface area contributed by atoms with Gasteiger partial charge in [0.25, 0.3) is 0 Å². The summed E-state index contributed by atoms with van der Waals surface area (Å²) in [5.74, 6) is -5.56. The Hall–Kier alpha value is -7.28. The van der Waals surface area contributed by atoms with Crippen LogP contribution in [-0.2, 0) is 19.2 Å². The zero-order valence-electron chi connectivity index (χ0n) is 35.1. The van der Waals surface area contributed by atoms with E-state index in [9.17, 15) is 24.3 Å². The first-order chi connectivity index (χ1) is 29.9. The zero-order valence-corrected chi connectivity index (χ0v) is 35.1. The van der Waals surface area contributed by atoms with Crippen LogP contribution in [0.25, 0.3) is 0 Å². The van der Waals surface area contributed by atoms with Crippen LogP contribution in [0.15, 0.2) is 147 Å². The highest BCUT2D eigenvalue weighted by Crippen LogP contribution is 2.59. The van der Waals surface area contributed by atoms with Crippen LogP contribution in [-0.4, -0.2) is 56.9 Å². The van der Waals surface area contributed by atoms with Gasteiger partial charge in [0.05, 0.1) is 57.8 Å². The lowest BCUT2D eigenvalue weighted by Gasteiger charge is -2.44. The second kappa shape index (κ2) is 16.0. The Morgan fingerprint density at radius 3 is 1.44 bits per heavy atom. The van der Waals surface area contributed by atoms with E-state index in [1.165, 1.54) is 9.80 Å². The van der Waals surface area contributed by atoms with Crippen LogP contribution in [0.3, 0.4) is 0 Å². The van der Waals surface area contributed by atoms with Crippen molar-refractivity contribution in [2.24, 2.45) is 50.0 Å². The number of hydrogen-bond donors (Lipinski definition) is 1. The molecule has 13 heteroatoms. The summed E-state index contributed by atoms with van der Waals surface area (Å²) < 4.78 is 0. The molecular weight excluding hydrogens is 781 g/mol. The van der Waals surface area contributed by atoms with Crippen molar-refractivity contribution in [2.75, 3.05) is 47.8 Å². The predicted octanol–water partition coefficient (Wildman–Crippen LogP) is 9.71. The van der Waals surface area contributed by atoms with E-state index in [0.717, 1.165) is 16.9 Å². The number of phenols is 1. The topological polar surface area (TPSA) is 151 Å². The van der Waals surface area contributed by atoms with Crippen LogP contribution in [0.1, 0.15) is 29.9 Å². The molecule has 4 aliphatic rings. The summed E-state index contributed by atoms with van der Waals surface area (Å²) in [6, 6.07) is 34.4. The Kier molecular flexibility index (Phi) is 10.3. The van der Waals surface area contributed by atoms with Gasteiger partial charge in [0, 0.05) is 51.0 Å². The fourth-order valence-electron chi connectivity index (χ4n) is 9.58. The molecule has 62 heavy (non-hydrogen) atoms. The summed E-state index contributed by atoms with van der Waals surface area (Å²) in [5.41, 5.74) is 7.35. The van der Waals surface area contributed by atoms with Crippen molar-refractivity contribution in [2.45, 2.75) is 25.7 Å². The van der Waals surface area contributed by atoms with Gasteiger partial charge in [-0.1, -0.05) is 29.8 Å². The molecule has 2 aliphatic heterocycles. The molecule has 5 aromatic rings. The van der Waals surface area contributed by atoms with Gasteiger partial charge in [-0.05, 0) is 128 Å². The largest absolute Gasteiger partial charge is 0.507 e. The molecule has 2 saturated heterocycles. The van der Waals surface area contributed by atoms with Crippen molar-refractivity contribution in [1.82, 2.24) is 0 Å². The Balaban J connectivity index is 0.988. The summed E-state index contributed by atoms with van der Waals surface area (Å²) in [6.45, 7) is 1.79. The number of aryl methyl sites for hydroxylation is 1. The number of hydrogen-bond acceptors (Lipinski definition) is 11. The summed E-state index contributed by atoms with van der Waals surface area (Å²) in [4.78, 5) is 64.5. The quantitative estimate of drug-likeness (QED) is 0.0883. The number of aromatic hydroxyl groups is 1. The van der Waals surface area contributed by atoms with E-state index in [1.807, 2.05) is 98.7 Å². The standard InChI is InChI=1S/C49H46N8O5/c1-28-7-6-8-38(45(28)58)42-37-25-26-39-43(48(61)56(46(39)59)35-21-13-31(14-22-35)52-50-29-9-17-33(18-10-29)54(2)3)40(37)27-41-44(42)49(62)57(47(41)60)36-23-15-32(16-24-36)53-51-30-11-19-34(20-12-30)55(4)5/h6-25,39-44,58H,26-27H2,1-5H3/t39-,40+,41+,42+,43-,44+/m0/s1. The monoisotopic (exact) mass is 826 g/mol. The summed E-state index contributed by atoms with van der Waals surface area (Å²) in [5, 5.41) is 28.9. The summed E-state index contributed by atoms with van der Waals surface area (Å²) in [7, 11) is 7.86. The maximum absolute atomic E-state index is 14.7. The molecule has 6 atom stereocenters. The molecular formula is C49H46N8O5. The molecule has 2 heterocycles. The Morgan fingerprint density at radius 1 is 0.532 bits per heavy atom. The highest BCUT2D eigenvalue weighted by molar-refractivity contribution is 6.24. The maximum Gasteiger partial charge on any atom is 0.238 e. The third kappa shape index (κ3) is 7.02. The number of carbonyl (C=O) groups is 4. The van der Waals surface area contributed by atoms with Gasteiger partial charge < -0.3 is 14.9 Å². The van der Waals surface area contributed by atoms with Gasteiger partial charge in [-0.3, -0.25) is 29.0 Å². The molecule has 3 fully saturated rings. The molecule has 1 saturated carbocycles. The molecule has 4 amide bonds. The van der Waals surface area contributed by atoms with Crippen LogP contribution in [0.4, 0.5) is 45.5 Å². The molecule has 1 N–H and O–H groups in total. The van der Waals surface area contributed by atoms with Crippen molar-refractivity contribution in [1.29, 1.82) is 0 Å². The van der Waals surface area contributed by atoms with Gasteiger partial charge >= 0.3 is 0 Å². The van der Waals surface area contributed by atoms with E-state index in [4.69, 9.17) is 0 Å². The van der Waals surface area contributed by atoms with Gasteiger partial charge in [-0.15, -0.1) is 0 Å². The number of amides is 4. The number of azo groups is 2. The number of fused-ring (bicyclic) bond motifs is 4. The van der Waals surface area contributed by atoms with E-state index < -0.39 is 35.5 Å². The fourth-order valence-corrected chi connectivity index (χ4v) is 9.58. The molecule has 0 aromatic heterocycles. The predicted molar refractivity (Wildman–Crippen MR) is 238 cm³/mol. The Bertz CT molecular complexity index is 2670. The minimum absolute atomic E-state index is 0.0444. The van der Waals surface area contributed by atoms with E-state index in [0.29, 0.717) is 51.7 Å². The van der Waals surface area contributed by atoms with Crippen molar-refractivity contribution < 1.29 is 24.3 Å². The average molecular weight is 827 g/mol. The number of phenolic OH excluding ortho intramolecular Hbond substituents is 1. The first-order valence-corrected chi connectivity index (χ1v) is 20.7. The van der Waals surface area contributed by atoms with E-state index >= 15 is 0 Å². The number of rotatable bonds is 9. The van der Waals surface area contributed by atoms with Crippen LogP contribution < -0.4 is 19.6 Å². The van der Waals surface area contributed by atoms with Crippen LogP contribution in [0.2, 0.25) is 0 Å². The lowest BCUT2D eigenvalue weighted by atomic mass is 9.57. The average Bonchev–Trinajstić information content (AvgIpc) is 3.69. The summed E-state index contributed by atoms with van der Waals surface area (Å²) in [6.07, 6.45) is 2.48. The second-order valence-electron chi connectivity index (χ2n) is 16.8. The van der Waals surface area contributed by atoms with Gasteiger partial charge in [-0.25, -0.2) is 0 Å². The molecule has 2 aliphatic carbocycles. The van der Waals surface area contributed by atoms with Gasteiger partial charge in [0.1, 0.15) is 5.75 Å². The smallest absolute Gasteiger partial charge is 0.238 e. The zero-order chi connectivity index (χ0) is 43.4. The molecule has 0 spiro atoms. The normalized spacial score (nSPS) is 23.2. The molecule has 9 rings (SSSR count). The maximum atomic E-state index is 14.7. The number of para-hydroxylation sites is 1. The second-order valence-corrected chi connectivity index (χ2v) is 16.8. The van der Waals surface area contributed by atoms with Crippen LogP contribution in [0.5, 0.6) is 5.75 Å². The molecule has 5 aromatic carbocycles. The third-order valence-electron chi connectivity index (χ3n) is 12.8. The summed E-state index contributed by atoms with van der Waals surface area (Å²) >= 11 is 0. The molecule has 0 unspecified atom stereocenters. The third-order valence-corrected chi connectivity index (χ3v) is 12.8. The number of carbonyl (C=O) groups excluding carboxylic acids is 4. The number of benzene rings is 5. The van der Waals surface area contributed by atoms with Crippen molar-refractivity contribution >= 4 is 69.1 Å². The number of nitrogens with zero attached hydrogens (tertiary/aromatic N) is 8. The minimum Gasteiger partial charge on any atom is -0.507 e. The first-order valence-electron chi connectivity index (χ1n) is 20.7. The molecule has 0 bridgehead atoms. The fraction of sp³-hybridized carbons (Fsp3) is 0.265. The van der Waals surface area contributed by atoms with Crippen LogP contribution in [0, 0.1) is 36.5 Å². The van der Waals surface area contributed by atoms with Gasteiger partial charge in [-0.2, -0.15) is 20.5 Å². The van der Waals surface area contributed by atoms with Crippen LogP contribution >= 0.6 is 0 Å². The van der Waals surface area contributed by atoms with Crippen molar-refractivity contribution in [3.63, 3.8) is 0 Å². The Morgan fingerprint density at radius 2 is 0.968 bits per heavy atom. The van der Waals surface area contributed by atoms with E-state index in [1.54, 1.807) is 67.6 Å². The minimum atomic E-state index is -0.824. The van der Waals surface area contributed by atoms with Gasteiger partial charge in [0.15, 0.2) is 0 Å². The molecule has 13 nitrogen and oxygen atoms in total. The lowest BCUT2D eigenvalue weighted by Crippen LogP contribution is -2.43. The van der Waals surface area contributed by atoms with Crippen molar-refractivity contribution in [3.8, 4) is 5.75 Å². The molecule has 312 valence electrons. The van der Waals surface area contributed by atoms with Crippen molar-refractivity contribution in [3.05, 3.63) is 138 Å². The SMILES string of the molecule is Cc1cccc([C@H]2C3=CC[C@@H]4C(=O)N(c5ccc(N=Nc6ccc(N(C)C)cc6)cc5)C(=O)[C@@H]4[C@@H]3C[C@H]3C(=O)N(c4ccc(N=Nc5ccc(N(C)C)cc5)cc4)C(=O)[C@@H]23)c1O. The Labute approximate surface area is 359 Å².